The quantitative estimate of drug-likeness (QED) is 0.844. The number of benzene rings is 1. The van der Waals surface area contributed by atoms with Gasteiger partial charge in [-0.25, -0.2) is 4.39 Å². The molecule has 2 N–H and O–H groups in total. The molecular formula is C14H22FNO. The van der Waals surface area contributed by atoms with E-state index in [-0.39, 0.29) is 5.75 Å². The third-order valence-electron chi connectivity index (χ3n) is 2.26. The van der Waals surface area contributed by atoms with Crippen molar-refractivity contribution in [3.63, 3.8) is 0 Å². The van der Waals surface area contributed by atoms with Gasteiger partial charge >= 0.3 is 0 Å². The Balaban J connectivity index is 0.00000121. The minimum atomic E-state index is -0.543. The molecule has 0 aliphatic carbocycles. The largest absolute Gasteiger partial charge is 0.505 e. The van der Waals surface area contributed by atoms with E-state index in [2.05, 4.69) is 5.32 Å². The number of phenols is 1. The van der Waals surface area contributed by atoms with Gasteiger partial charge in [0.05, 0.1) is 0 Å². The highest BCUT2D eigenvalue weighted by atomic mass is 19.1. The van der Waals surface area contributed by atoms with Crippen molar-refractivity contribution in [3.05, 3.63) is 34.6 Å². The molecule has 0 unspecified atom stereocenters. The normalized spacial score (nSPS) is 10.2. The molecule has 0 saturated carbocycles. The predicted octanol–water partition coefficient (Wildman–Crippen LogP) is 3.62. The standard InChI is InChI=1S/C12H16FNO.C2H6/c1-4-5-10-9(7-14-3)6-8(2)12(15)11(10)13;1-2/h4-6,14-15H,7H2,1-3H3;1-2H3/b5-4+;. The third-order valence-corrected chi connectivity index (χ3v) is 2.26. The maximum Gasteiger partial charge on any atom is 0.172 e. The van der Waals surface area contributed by atoms with Crippen molar-refractivity contribution in [2.45, 2.75) is 34.2 Å². The predicted molar refractivity (Wildman–Crippen MR) is 71.6 cm³/mol. The van der Waals surface area contributed by atoms with Crippen molar-refractivity contribution in [1.29, 1.82) is 0 Å². The minimum Gasteiger partial charge on any atom is -0.505 e. The summed E-state index contributed by atoms with van der Waals surface area (Å²) < 4.78 is 13.7. The van der Waals surface area contributed by atoms with Crippen LogP contribution in [0.25, 0.3) is 6.08 Å². The van der Waals surface area contributed by atoms with Crippen LogP contribution in [-0.4, -0.2) is 12.2 Å². The highest BCUT2D eigenvalue weighted by Crippen LogP contribution is 2.28. The number of halogens is 1. The Labute approximate surface area is 103 Å². The van der Waals surface area contributed by atoms with Crippen LogP contribution >= 0.6 is 0 Å². The van der Waals surface area contributed by atoms with Crippen molar-refractivity contribution in [3.8, 4) is 5.75 Å². The monoisotopic (exact) mass is 239 g/mol. The summed E-state index contributed by atoms with van der Waals surface area (Å²) in [6, 6.07) is 1.80. The van der Waals surface area contributed by atoms with Crippen molar-refractivity contribution < 1.29 is 9.50 Å². The Morgan fingerprint density at radius 3 is 2.47 bits per heavy atom. The molecule has 0 fully saturated rings. The van der Waals surface area contributed by atoms with E-state index in [0.717, 1.165) is 5.56 Å². The summed E-state index contributed by atoms with van der Waals surface area (Å²) in [6.07, 6.45) is 3.42. The van der Waals surface area contributed by atoms with Crippen LogP contribution in [-0.2, 0) is 6.54 Å². The lowest BCUT2D eigenvalue weighted by Gasteiger charge is -2.10. The summed E-state index contributed by atoms with van der Waals surface area (Å²) in [5.74, 6) is -0.804. The zero-order chi connectivity index (χ0) is 13.4. The Bertz CT molecular complexity index is 386. The van der Waals surface area contributed by atoms with Crippen LogP contribution in [0.2, 0.25) is 0 Å². The number of phenolic OH excluding ortho intramolecular Hbond substituents is 1. The number of hydrogen-bond donors (Lipinski definition) is 2. The first-order valence-electron chi connectivity index (χ1n) is 5.90. The molecule has 0 radical (unpaired) electrons. The number of allylic oxidation sites excluding steroid dienone is 1. The Morgan fingerprint density at radius 1 is 1.41 bits per heavy atom. The fourth-order valence-corrected chi connectivity index (χ4v) is 1.53. The smallest absolute Gasteiger partial charge is 0.172 e. The number of rotatable bonds is 3. The first-order valence-corrected chi connectivity index (χ1v) is 5.90. The topological polar surface area (TPSA) is 32.3 Å². The van der Waals surface area contributed by atoms with Crippen molar-refractivity contribution >= 4 is 6.08 Å². The second kappa shape index (κ2) is 7.85. The van der Waals surface area contributed by atoms with Gasteiger partial charge in [0.15, 0.2) is 11.6 Å². The fourth-order valence-electron chi connectivity index (χ4n) is 1.53. The van der Waals surface area contributed by atoms with Gasteiger partial charge in [-0.15, -0.1) is 0 Å². The van der Waals surface area contributed by atoms with E-state index in [1.54, 1.807) is 32.2 Å². The maximum absolute atomic E-state index is 13.7. The molecule has 0 atom stereocenters. The number of aromatic hydroxyl groups is 1. The van der Waals surface area contributed by atoms with Crippen LogP contribution in [0.1, 0.15) is 37.5 Å². The molecule has 1 rings (SSSR count). The van der Waals surface area contributed by atoms with E-state index in [9.17, 15) is 9.50 Å². The van der Waals surface area contributed by atoms with Gasteiger partial charge in [-0.05, 0) is 32.0 Å². The minimum absolute atomic E-state index is 0.261. The Morgan fingerprint density at radius 2 is 2.00 bits per heavy atom. The average molecular weight is 239 g/mol. The summed E-state index contributed by atoms with van der Waals surface area (Å²) in [5.41, 5.74) is 1.87. The lowest BCUT2D eigenvalue weighted by molar-refractivity contribution is 0.427. The molecule has 0 aliphatic rings. The van der Waals surface area contributed by atoms with E-state index in [1.807, 2.05) is 20.8 Å². The van der Waals surface area contributed by atoms with Crippen LogP contribution in [0.5, 0.6) is 5.75 Å². The fraction of sp³-hybridized carbons (Fsp3) is 0.429. The highest BCUT2D eigenvalue weighted by Gasteiger charge is 2.12. The van der Waals surface area contributed by atoms with E-state index in [0.29, 0.717) is 17.7 Å². The van der Waals surface area contributed by atoms with Crippen LogP contribution in [0.4, 0.5) is 4.39 Å². The van der Waals surface area contributed by atoms with Gasteiger partial charge in [-0.1, -0.05) is 32.1 Å². The molecule has 0 aromatic heterocycles. The third kappa shape index (κ3) is 3.86. The molecule has 1 aromatic carbocycles. The zero-order valence-corrected chi connectivity index (χ0v) is 11.3. The van der Waals surface area contributed by atoms with E-state index in [1.165, 1.54) is 0 Å². The van der Waals surface area contributed by atoms with Gasteiger partial charge in [0.25, 0.3) is 0 Å². The maximum atomic E-state index is 13.7. The van der Waals surface area contributed by atoms with E-state index in [4.69, 9.17) is 0 Å². The Hall–Kier alpha value is -1.35. The first kappa shape index (κ1) is 15.7. The van der Waals surface area contributed by atoms with Gasteiger partial charge in [-0.3, -0.25) is 0 Å². The molecule has 0 amide bonds. The summed E-state index contributed by atoms with van der Waals surface area (Å²) in [6.45, 7) is 8.09. The summed E-state index contributed by atoms with van der Waals surface area (Å²) in [5, 5.41) is 12.5. The summed E-state index contributed by atoms with van der Waals surface area (Å²) in [4.78, 5) is 0. The van der Waals surface area contributed by atoms with Crippen LogP contribution < -0.4 is 5.32 Å². The first-order chi connectivity index (χ1) is 8.11. The molecule has 17 heavy (non-hydrogen) atoms. The van der Waals surface area contributed by atoms with Gasteiger partial charge in [-0.2, -0.15) is 0 Å². The van der Waals surface area contributed by atoms with Crippen LogP contribution in [0.15, 0.2) is 12.1 Å². The molecule has 3 heteroatoms. The van der Waals surface area contributed by atoms with Crippen molar-refractivity contribution in [2.24, 2.45) is 0 Å². The number of hydrogen-bond acceptors (Lipinski definition) is 2. The second-order valence-corrected chi connectivity index (χ2v) is 3.46. The van der Waals surface area contributed by atoms with Crippen molar-refractivity contribution in [2.75, 3.05) is 7.05 Å². The average Bonchev–Trinajstić information content (AvgIpc) is 2.34. The molecule has 0 spiro atoms. The van der Waals surface area contributed by atoms with Gasteiger partial charge in [0.1, 0.15) is 0 Å². The molecule has 1 aromatic rings. The highest BCUT2D eigenvalue weighted by molar-refractivity contribution is 5.59. The molecule has 96 valence electrons. The number of aryl methyl sites for hydroxylation is 1. The Kier molecular flexibility index (Phi) is 7.22. The molecule has 0 bridgehead atoms. The molecule has 0 aliphatic heterocycles. The van der Waals surface area contributed by atoms with E-state index < -0.39 is 5.82 Å². The van der Waals surface area contributed by atoms with Crippen LogP contribution in [0, 0.1) is 12.7 Å². The summed E-state index contributed by atoms with van der Waals surface area (Å²) in [7, 11) is 1.81. The van der Waals surface area contributed by atoms with Gasteiger partial charge < -0.3 is 10.4 Å². The molecule has 2 nitrogen and oxygen atoms in total. The zero-order valence-electron chi connectivity index (χ0n) is 11.3. The van der Waals surface area contributed by atoms with Crippen LogP contribution in [0.3, 0.4) is 0 Å². The molecule has 0 heterocycles. The van der Waals surface area contributed by atoms with E-state index >= 15 is 0 Å². The summed E-state index contributed by atoms with van der Waals surface area (Å²) >= 11 is 0. The molecular weight excluding hydrogens is 217 g/mol. The SMILES string of the molecule is C/C=C/c1c(CNC)cc(C)c(O)c1F.CC. The number of nitrogens with one attached hydrogen (secondary N) is 1. The molecule has 0 saturated heterocycles. The van der Waals surface area contributed by atoms with Gasteiger partial charge in [0, 0.05) is 12.1 Å². The lowest BCUT2D eigenvalue weighted by Crippen LogP contribution is -2.08. The van der Waals surface area contributed by atoms with Gasteiger partial charge in [0.2, 0.25) is 0 Å². The lowest BCUT2D eigenvalue weighted by atomic mass is 10.0. The van der Waals surface area contributed by atoms with Crippen molar-refractivity contribution in [1.82, 2.24) is 5.32 Å². The second-order valence-electron chi connectivity index (χ2n) is 3.46.